The van der Waals surface area contributed by atoms with Crippen molar-refractivity contribution in [2.45, 2.75) is 27.4 Å². The minimum Gasteiger partial charge on any atom is -0.488 e. The van der Waals surface area contributed by atoms with Crippen LogP contribution in [0.4, 0.5) is 4.39 Å². The maximum Gasteiger partial charge on any atom is 0.231 e. The maximum absolute atomic E-state index is 13.1. The third-order valence-corrected chi connectivity index (χ3v) is 4.22. The van der Waals surface area contributed by atoms with Gasteiger partial charge in [-0.15, -0.1) is 0 Å². The molecule has 24 heavy (non-hydrogen) atoms. The molecule has 0 bridgehead atoms. The number of carbonyl (C=O) groups is 1. The van der Waals surface area contributed by atoms with Crippen molar-refractivity contribution in [2.75, 3.05) is 0 Å². The molecule has 0 unspecified atom stereocenters. The van der Waals surface area contributed by atoms with E-state index in [-0.39, 0.29) is 12.4 Å². The number of ketones is 1. The average molecular weight is 347 g/mol. The number of halogens is 2. The van der Waals surface area contributed by atoms with Gasteiger partial charge in [0.1, 0.15) is 23.9 Å². The second kappa shape index (κ2) is 6.29. The van der Waals surface area contributed by atoms with Crippen LogP contribution in [0.15, 0.2) is 41.7 Å². The largest absolute Gasteiger partial charge is 0.488 e. The molecule has 0 radical (unpaired) electrons. The van der Waals surface area contributed by atoms with Crippen molar-refractivity contribution in [3.05, 3.63) is 69.2 Å². The van der Waals surface area contributed by atoms with Gasteiger partial charge >= 0.3 is 0 Å². The lowest BCUT2D eigenvalue weighted by Crippen LogP contribution is -2.00. The maximum atomic E-state index is 13.1. The van der Waals surface area contributed by atoms with Gasteiger partial charge in [0.05, 0.1) is 10.6 Å². The summed E-state index contributed by atoms with van der Waals surface area (Å²) in [5.41, 5.74) is 2.79. The standard InChI is InChI=1S/C19H16ClFO3/c1-10(2)18-17(22)14-6-7-16(11(3)19(14)24-18)23-9-12-4-5-13(21)8-15(12)20/h4-8H,9H2,1-3H3. The van der Waals surface area contributed by atoms with E-state index in [1.807, 2.05) is 20.8 Å². The van der Waals surface area contributed by atoms with Crippen LogP contribution in [0.1, 0.15) is 35.3 Å². The van der Waals surface area contributed by atoms with Crippen LogP contribution in [0.2, 0.25) is 5.02 Å². The number of hydrogen-bond donors (Lipinski definition) is 0. The zero-order chi connectivity index (χ0) is 17.4. The van der Waals surface area contributed by atoms with Crippen molar-refractivity contribution in [2.24, 2.45) is 0 Å². The van der Waals surface area contributed by atoms with Crippen molar-refractivity contribution in [1.29, 1.82) is 0 Å². The summed E-state index contributed by atoms with van der Waals surface area (Å²) in [4.78, 5) is 12.3. The minimum atomic E-state index is -0.390. The Hall–Kier alpha value is -2.33. The third kappa shape index (κ3) is 2.89. The third-order valence-electron chi connectivity index (χ3n) is 3.86. The van der Waals surface area contributed by atoms with Gasteiger partial charge in [-0.05, 0) is 50.6 Å². The fourth-order valence-corrected chi connectivity index (χ4v) is 2.76. The van der Waals surface area contributed by atoms with Gasteiger partial charge < -0.3 is 9.47 Å². The molecule has 0 aromatic heterocycles. The van der Waals surface area contributed by atoms with Gasteiger partial charge in [-0.1, -0.05) is 17.7 Å². The molecule has 0 N–H and O–H groups in total. The van der Waals surface area contributed by atoms with Crippen LogP contribution < -0.4 is 9.47 Å². The lowest BCUT2D eigenvalue weighted by atomic mass is 10.1. The Bertz CT molecular complexity index is 867. The quantitative estimate of drug-likeness (QED) is 0.713. The van der Waals surface area contributed by atoms with Crippen LogP contribution in [0, 0.1) is 12.7 Å². The zero-order valence-electron chi connectivity index (χ0n) is 13.6. The first-order valence-electron chi connectivity index (χ1n) is 7.49. The molecular formula is C19H16ClFO3. The number of benzene rings is 2. The molecule has 0 atom stereocenters. The highest BCUT2D eigenvalue weighted by molar-refractivity contribution is 6.31. The normalized spacial score (nSPS) is 12.9. The molecule has 3 rings (SSSR count). The van der Waals surface area contributed by atoms with Crippen molar-refractivity contribution in [1.82, 2.24) is 0 Å². The van der Waals surface area contributed by atoms with Gasteiger partial charge in [0, 0.05) is 11.1 Å². The first kappa shape index (κ1) is 16.5. The van der Waals surface area contributed by atoms with E-state index in [1.54, 1.807) is 18.2 Å². The monoisotopic (exact) mass is 346 g/mol. The molecule has 0 saturated carbocycles. The Kier molecular flexibility index (Phi) is 4.33. The van der Waals surface area contributed by atoms with Crippen molar-refractivity contribution in [3.8, 4) is 11.5 Å². The van der Waals surface area contributed by atoms with Gasteiger partial charge in [-0.2, -0.15) is 0 Å². The Morgan fingerprint density at radius 1 is 1.25 bits per heavy atom. The number of allylic oxidation sites excluding steroid dienone is 2. The fourth-order valence-electron chi connectivity index (χ4n) is 2.53. The summed E-state index contributed by atoms with van der Waals surface area (Å²) < 4.78 is 24.6. The smallest absolute Gasteiger partial charge is 0.231 e. The number of ether oxygens (including phenoxy) is 2. The van der Waals surface area contributed by atoms with Crippen molar-refractivity contribution >= 4 is 17.4 Å². The first-order chi connectivity index (χ1) is 11.4. The van der Waals surface area contributed by atoms with E-state index < -0.39 is 5.82 Å². The van der Waals surface area contributed by atoms with Gasteiger partial charge in [-0.3, -0.25) is 4.79 Å². The molecule has 2 aromatic carbocycles. The number of rotatable bonds is 3. The summed E-state index contributed by atoms with van der Waals surface area (Å²) >= 11 is 6.01. The fraction of sp³-hybridized carbons (Fsp3) is 0.211. The lowest BCUT2D eigenvalue weighted by Gasteiger charge is -2.12. The van der Waals surface area contributed by atoms with Crippen molar-refractivity contribution < 1.29 is 18.7 Å². The van der Waals surface area contributed by atoms with Crippen molar-refractivity contribution in [3.63, 3.8) is 0 Å². The molecule has 1 aliphatic heterocycles. The van der Waals surface area contributed by atoms with Crippen LogP contribution in [-0.2, 0) is 6.61 Å². The Balaban J connectivity index is 1.86. The number of fused-ring (bicyclic) bond motifs is 1. The summed E-state index contributed by atoms with van der Waals surface area (Å²) in [6, 6.07) is 7.60. The van der Waals surface area contributed by atoms with Crippen LogP contribution in [0.25, 0.3) is 0 Å². The molecule has 1 heterocycles. The number of hydrogen-bond acceptors (Lipinski definition) is 3. The molecule has 5 heteroatoms. The van der Waals surface area contributed by atoms with Crippen LogP contribution in [0.3, 0.4) is 0 Å². The summed E-state index contributed by atoms with van der Waals surface area (Å²) in [6.07, 6.45) is 0. The zero-order valence-corrected chi connectivity index (χ0v) is 14.3. The van der Waals surface area contributed by atoms with Crippen LogP contribution >= 0.6 is 11.6 Å². The molecule has 124 valence electrons. The molecule has 0 fully saturated rings. The summed E-state index contributed by atoms with van der Waals surface area (Å²) in [7, 11) is 0. The van der Waals surface area contributed by atoms with Gasteiger partial charge in [0.2, 0.25) is 5.78 Å². The first-order valence-corrected chi connectivity index (χ1v) is 7.86. The summed E-state index contributed by atoms with van der Waals surface area (Å²) in [6.45, 7) is 5.70. The SMILES string of the molecule is CC(C)=C1Oc2c(ccc(OCc3ccc(F)cc3Cl)c2C)C1=O. The Labute approximate surface area is 144 Å². The highest BCUT2D eigenvalue weighted by Gasteiger charge is 2.30. The van der Waals surface area contributed by atoms with E-state index >= 15 is 0 Å². The Morgan fingerprint density at radius 3 is 2.67 bits per heavy atom. The van der Waals surface area contributed by atoms with Crippen LogP contribution in [0.5, 0.6) is 11.5 Å². The second-order valence-corrected chi connectivity index (χ2v) is 6.26. The predicted octanol–water partition coefficient (Wildman–Crippen LogP) is 5.24. The molecule has 0 spiro atoms. The highest BCUT2D eigenvalue weighted by atomic mass is 35.5. The summed E-state index contributed by atoms with van der Waals surface area (Å²) in [5.74, 6) is 0.988. The predicted molar refractivity (Wildman–Crippen MR) is 90.3 cm³/mol. The molecule has 0 saturated heterocycles. The van der Waals surface area contributed by atoms with E-state index in [1.165, 1.54) is 12.1 Å². The van der Waals surface area contributed by atoms with E-state index in [0.29, 0.717) is 33.4 Å². The Morgan fingerprint density at radius 2 is 2.00 bits per heavy atom. The van der Waals surface area contributed by atoms with E-state index in [9.17, 15) is 9.18 Å². The topological polar surface area (TPSA) is 35.5 Å². The summed E-state index contributed by atoms with van der Waals surface area (Å²) in [5, 5.41) is 0.312. The molecule has 0 amide bonds. The lowest BCUT2D eigenvalue weighted by molar-refractivity contribution is 0.101. The van der Waals surface area contributed by atoms with Gasteiger partial charge in [0.25, 0.3) is 0 Å². The molecule has 2 aromatic rings. The number of carbonyl (C=O) groups excluding carboxylic acids is 1. The molecule has 1 aliphatic rings. The highest BCUT2D eigenvalue weighted by Crippen LogP contribution is 2.39. The molecular weight excluding hydrogens is 331 g/mol. The average Bonchev–Trinajstić information content (AvgIpc) is 2.86. The van der Waals surface area contributed by atoms with E-state index in [4.69, 9.17) is 21.1 Å². The number of Topliss-reactive ketones (excluding diaryl/α,β-unsaturated/α-hetero) is 1. The van der Waals surface area contributed by atoms with E-state index in [0.717, 1.165) is 11.1 Å². The van der Waals surface area contributed by atoms with Gasteiger partial charge in [0.15, 0.2) is 5.76 Å². The molecule has 3 nitrogen and oxygen atoms in total. The second-order valence-electron chi connectivity index (χ2n) is 5.85. The minimum absolute atomic E-state index is 0.110. The van der Waals surface area contributed by atoms with Crippen LogP contribution in [-0.4, -0.2) is 5.78 Å². The van der Waals surface area contributed by atoms with Gasteiger partial charge in [-0.25, -0.2) is 4.39 Å². The molecule has 0 aliphatic carbocycles. The van der Waals surface area contributed by atoms with E-state index in [2.05, 4.69) is 0 Å².